The van der Waals surface area contributed by atoms with Gasteiger partial charge >= 0.3 is 0 Å². The highest BCUT2D eigenvalue weighted by Crippen LogP contribution is 2.35. The molecule has 3 aliphatic rings. The van der Waals surface area contributed by atoms with Crippen LogP contribution in [0.15, 0.2) is 40.5 Å². The molecule has 3 N–H and O–H groups in total. The lowest BCUT2D eigenvalue weighted by atomic mass is 10.2. The van der Waals surface area contributed by atoms with Crippen LogP contribution >= 0.6 is 23.4 Å². The van der Waals surface area contributed by atoms with Gasteiger partial charge in [0, 0.05) is 30.7 Å². The lowest BCUT2D eigenvalue weighted by Gasteiger charge is -2.36. The first-order valence-corrected chi connectivity index (χ1v) is 10.2. The molecule has 144 valence electrons. The Balaban J connectivity index is 1.42. The van der Waals surface area contributed by atoms with E-state index in [2.05, 4.69) is 25.2 Å². The number of pyridine rings is 2. The molecule has 0 aliphatic carbocycles. The predicted molar refractivity (Wildman–Crippen MR) is 109 cm³/mol. The van der Waals surface area contributed by atoms with Crippen LogP contribution in [0.5, 0.6) is 0 Å². The van der Waals surface area contributed by atoms with Gasteiger partial charge in [0.25, 0.3) is 0 Å². The normalized spacial score (nSPS) is 21.8. The van der Waals surface area contributed by atoms with Crippen molar-refractivity contribution in [3.05, 3.63) is 35.6 Å². The minimum Gasteiger partial charge on any atom is -0.382 e. The number of anilines is 2. The Kier molecular flexibility index (Phi) is 4.67. The van der Waals surface area contributed by atoms with Gasteiger partial charge in [0.15, 0.2) is 5.65 Å². The smallest absolute Gasteiger partial charge is 0.179 e. The monoisotopic (exact) mass is 415 g/mol. The van der Waals surface area contributed by atoms with Crippen LogP contribution in [0.4, 0.5) is 11.6 Å². The minimum atomic E-state index is 0.186. The number of rotatable bonds is 3. The van der Waals surface area contributed by atoms with Crippen molar-refractivity contribution in [2.45, 2.75) is 22.1 Å². The summed E-state index contributed by atoms with van der Waals surface area (Å²) in [5.41, 5.74) is 7.13. The van der Waals surface area contributed by atoms with Crippen molar-refractivity contribution in [3.8, 4) is 0 Å². The highest BCUT2D eigenvalue weighted by atomic mass is 35.5. The summed E-state index contributed by atoms with van der Waals surface area (Å²) in [4.78, 5) is 21.0. The average Bonchev–Trinajstić information content (AvgIpc) is 3.07. The van der Waals surface area contributed by atoms with E-state index in [1.54, 1.807) is 12.4 Å². The lowest BCUT2D eigenvalue weighted by Crippen LogP contribution is -2.49. The summed E-state index contributed by atoms with van der Waals surface area (Å²) in [6, 6.07) is 5.93. The van der Waals surface area contributed by atoms with Gasteiger partial charge in [0.1, 0.15) is 22.2 Å². The Labute approximate surface area is 170 Å². The minimum absolute atomic E-state index is 0.186. The largest absolute Gasteiger partial charge is 0.382 e. The zero-order chi connectivity index (χ0) is 19.1. The Bertz CT molecular complexity index is 1030. The van der Waals surface area contributed by atoms with Crippen molar-refractivity contribution >= 4 is 46.2 Å². The third-order valence-corrected chi connectivity index (χ3v) is 6.38. The van der Waals surface area contributed by atoms with Crippen LogP contribution in [0.3, 0.4) is 0 Å². The maximum Gasteiger partial charge on any atom is 0.179 e. The molecule has 10 heteroatoms. The summed E-state index contributed by atoms with van der Waals surface area (Å²) in [7, 11) is 0. The first-order valence-electron chi connectivity index (χ1n) is 8.98. The summed E-state index contributed by atoms with van der Waals surface area (Å²) in [5, 5.41) is 4.64. The number of morpholine rings is 1. The Hall–Kier alpha value is -2.20. The second-order valence-electron chi connectivity index (χ2n) is 6.75. The van der Waals surface area contributed by atoms with Gasteiger partial charge in [-0.3, -0.25) is 0 Å². The van der Waals surface area contributed by atoms with Gasteiger partial charge in [-0.15, -0.1) is 0 Å². The Morgan fingerprint density at radius 2 is 2.14 bits per heavy atom. The van der Waals surface area contributed by atoms with Crippen LogP contribution in [0.1, 0.15) is 0 Å². The molecule has 0 radical (unpaired) electrons. The second kappa shape index (κ2) is 7.32. The van der Waals surface area contributed by atoms with Crippen LogP contribution in [-0.4, -0.2) is 58.3 Å². The molecule has 3 aromatic rings. The number of nitrogen functional groups attached to an aromatic ring is 1. The number of halogens is 1. The maximum atomic E-state index is 6.23. The van der Waals surface area contributed by atoms with Gasteiger partial charge in [0.05, 0.1) is 30.0 Å². The molecule has 2 unspecified atom stereocenters. The standard InChI is InChI=1S/C18H18ClN7OS/c19-16-13(3-4-22-17(16)20)28-15-2-1-12-18(25-15)23-7-14(24-12)26-8-11-6-21-5-10(26)9-27-11/h1-4,7,10-11,21H,5-6,8-9H2,(H2,20,22). The molecule has 3 saturated heterocycles. The molecule has 2 atom stereocenters. The van der Waals surface area contributed by atoms with Gasteiger partial charge in [-0.05, 0) is 18.2 Å². The van der Waals surface area contributed by atoms with E-state index < -0.39 is 0 Å². The summed E-state index contributed by atoms with van der Waals surface area (Å²) in [5.74, 6) is 1.17. The molecule has 3 fully saturated rings. The van der Waals surface area contributed by atoms with Crippen molar-refractivity contribution < 1.29 is 4.74 Å². The topological polar surface area (TPSA) is 102 Å². The molecule has 6 rings (SSSR count). The fraction of sp³-hybridized carbons (Fsp3) is 0.333. The van der Waals surface area contributed by atoms with E-state index in [0.717, 1.165) is 40.9 Å². The number of nitrogens with two attached hydrogens (primary N) is 1. The quantitative estimate of drug-likeness (QED) is 0.664. The number of aromatic nitrogens is 4. The zero-order valence-corrected chi connectivity index (χ0v) is 16.5. The van der Waals surface area contributed by atoms with Crippen molar-refractivity contribution in [1.82, 2.24) is 25.3 Å². The van der Waals surface area contributed by atoms with Gasteiger partial charge in [0.2, 0.25) is 0 Å². The van der Waals surface area contributed by atoms with E-state index >= 15 is 0 Å². The van der Waals surface area contributed by atoms with E-state index in [0.29, 0.717) is 23.1 Å². The molecular weight excluding hydrogens is 398 g/mol. The van der Waals surface area contributed by atoms with E-state index in [9.17, 15) is 0 Å². The van der Waals surface area contributed by atoms with Gasteiger partial charge < -0.3 is 20.7 Å². The highest BCUT2D eigenvalue weighted by molar-refractivity contribution is 7.99. The lowest BCUT2D eigenvalue weighted by molar-refractivity contribution is 0.0388. The van der Waals surface area contributed by atoms with Crippen LogP contribution < -0.4 is 16.0 Å². The molecule has 6 heterocycles. The van der Waals surface area contributed by atoms with E-state index in [1.807, 2.05) is 18.2 Å². The molecular formula is C18H18ClN7OS. The molecule has 8 nitrogen and oxygen atoms in total. The molecule has 0 amide bonds. The summed E-state index contributed by atoms with van der Waals surface area (Å²) in [6.45, 7) is 3.29. The van der Waals surface area contributed by atoms with Gasteiger partial charge in [-0.25, -0.2) is 19.9 Å². The summed E-state index contributed by atoms with van der Waals surface area (Å²) < 4.78 is 5.84. The van der Waals surface area contributed by atoms with Crippen LogP contribution in [0.25, 0.3) is 11.2 Å². The average molecular weight is 416 g/mol. The molecule has 3 aromatic heterocycles. The first kappa shape index (κ1) is 17.9. The van der Waals surface area contributed by atoms with Crippen LogP contribution in [0.2, 0.25) is 5.02 Å². The Morgan fingerprint density at radius 1 is 1.21 bits per heavy atom. The highest BCUT2D eigenvalue weighted by Gasteiger charge is 2.33. The SMILES string of the molecule is Nc1nccc(Sc2ccc3nc(N4CC5CNCC4CO5)cnc3n2)c1Cl. The number of ether oxygens (including phenoxy) is 1. The summed E-state index contributed by atoms with van der Waals surface area (Å²) >= 11 is 7.65. The fourth-order valence-corrected chi connectivity index (χ4v) is 4.49. The van der Waals surface area contributed by atoms with Gasteiger partial charge in [-0.2, -0.15) is 0 Å². The second-order valence-corrected chi connectivity index (χ2v) is 8.19. The van der Waals surface area contributed by atoms with E-state index in [1.165, 1.54) is 11.8 Å². The molecule has 0 spiro atoms. The predicted octanol–water partition coefficient (Wildman–Crippen LogP) is 1.98. The molecule has 3 aliphatic heterocycles. The third-order valence-electron chi connectivity index (χ3n) is 4.87. The molecule has 28 heavy (non-hydrogen) atoms. The van der Waals surface area contributed by atoms with Crippen LogP contribution in [0, 0.1) is 0 Å². The number of nitrogens with one attached hydrogen (secondary N) is 1. The molecule has 2 bridgehead atoms. The summed E-state index contributed by atoms with van der Waals surface area (Å²) in [6.07, 6.45) is 3.61. The fourth-order valence-electron chi connectivity index (χ4n) is 3.45. The van der Waals surface area contributed by atoms with Crippen LogP contribution in [-0.2, 0) is 4.74 Å². The number of fused-ring (bicyclic) bond motifs is 5. The molecule has 0 saturated carbocycles. The zero-order valence-electron chi connectivity index (χ0n) is 14.9. The van der Waals surface area contributed by atoms with Crippen molar-refractivity contribution in [2.24, 2.45) is 0 Å². The van der Waals surface area contributed by atoms with E-state index in [4.69, 9.17) is 27.1 Å². The Morgan fingerprint density at radius 3 is 3.07 bits per heavy atom. The van der Waals surface area contributed by atoms with Gasteiger partial charge in [-0.1, -0.05) is 23.4 Å². The number of nitrogens with zero attached hydrogens (tertiary/aromatic N) is 5. The maximum absolute atomic E-state index is 6.23. The van der Waals surface area contributed by atoms with Crippen molar-refractivity contribution in [1.29, 1.82) is 0 Å². The molecule has 0 aromatic carbocycles. The van der Waals surface area contributed by atoms with Crippen molar-refractivity contribution in [2.75, 3.05) is 36.9 Å². The number of hydrogen-bond donors (Lipinski definition) is 2. The van der Waals surface area contributed by atoms with Crippen molar-refractivity contribution in [3.63, 3.8) is 0 Å². The van der Waals surface area contributed by atoms with E-state index in [-0.39, 0.29) is 12.1 Å². The first-order chi connectivity index (χ1) is 13.7. The third kappa shape index (κ3) is 3.35. The number of hydrogen-bond acceptors (Lipinski definition) is 9.